The van der Waals surface area contributed by atoms with Crippen molar-refractivity contribution in [2.75, 3.05) is 18.4 Å². The van der Waals surface area contributed by atoms with Gasteiger partial charge >= 0.3 is 6.18 Å². The molecule has 2 heterocycles. The van der Waals surface area contributed by atoms with Crippen LogP contribution >= 0.6 is 11.5 Å². The highest BCUT2D eigenvalue weighted by Crippen LogP contribution is 2.37. The maximum absolute atomic E-state index is 13.2. The van der Waals surface area contributed by atoms with Crippen LogP contribution in [0.1, 0.15) is 30.5 Å². The molecule has 1 fully saturated rings. The maximum atomic E-state index is 13.2. The first-order chi connectivity index (χ1) is 12.7. The number of para-hydroxylation sites is 1. The number of hydrogen-bond acceptors (Lipinski definition) is 5. The molecule has 1 aliphatic rings. The van der Waals surface area contributed by atoms with Crippen molar-refractivity contribution in [2.45, 2.75) is 25.6 Å². The first-order valence-electron chi connectivity index (χ1n) is 8.07. The largest absolute Gasteiger partial charge is 0.418 e. The number of nitriles is 1. The van der Waals surface area contributed by atoms with E-state index in [1.54, 1.807) is 11.0 Å². The predicted molar refractivity (Wildman–Crippen MR) is 93.9 cm³/mol. The van der Waals surface area contributed by atoms with E-state index in [0.29, 0.717) is 19.5 Å². The van der Waals surface area contributed by atoms with Gasteiger partial charge in [0.1, 0.15) is 11.1 Å². The van der Waals surface area contributed by atoms with E-state index in [2.05, 4.69) is 5.32 Å². The number of alkyl halides is 3. The summed E-state index contributed by atoms with van der Waals surface area (Å²) in [6, 6.07) is 6.34. The molecule has 2 aromatic rings. The van der Waals surface area contributed by atoms with Gasteiger partial charge in [-0.3, -0.25) is 13.5 Å². The molecule has 1 aromatic carbocycles. The molecular weight excluding hydrogens is 381 g/mol. The lowest BCUT2D eigenvalue weighted by Crippen LogP contribution is -2.28. The van der Waals surface area contributed by atoms with Crippen molar-refractivity contribution in [2.24, 2.45) is 0 Å². The molecule has 6 nitrogen and oxygen atoms in total. The van der Waals surface area contributed by atoms with Gasteiger partial charge in [0.05, 0.1) is 17.3 Å². The van der Waals surface area contributed by atoms with Crippen LogP contribution in [0.4, 0.5) is 23.9 Å². The summed E-state index contributed by atoms with van der Waals surface area (Å²) in [5.41, 5.74) is -1.92. The van der Waals surface area contributed by atoms with Gasteiger partial charge in [-0.05, 0) is 30.1 Å². The Hall–Kier alpha value is -2.80. The van der Waals surface area contributed by atoms with Crippen LogP contribution in [0.2, 0.25) is 0 Å². The molecule has 0 radical (unpaired) electrons. The Morgan fingerprint density at radius 2 is 2.07 bits per heavy atom. The Labute approximate surface area is 156 Å². The van der Waals surface area contributed by atoms with Crippen molar-refractivity contribution in [1.29, 1.82) is 5.26 Å². The molecule has 1 aliphatic heterocycles. The topological polar surface area (TPSA) is 78.1 Å². The number of aromatic nitrogens is 1. The fourth-order valence-electron chi connectivity index (χ4n) is 3.00. The summed E-state index contributed by atoms with van der Waals surface area (Å²) in [7, 11) is 0. The second-order valence-corrected chi connectivity index (χ2v) is 7.10. The van der Waals surface area contributed by atoms with Crippen molar-refractivity contribution in [3.05, 3.63) is 45.7 Å². The third-order valence-electron chi connectivity index (χ3n) is 4.36. The highest BCUT2D eigenvalue weighted by molar-refractivity contribution is 7.11. The summed E-state index contributed by atoms with van der Waals surface area (Å²) in [6.07, 6.45) is -4.03. The van der Waals surface area contributed by atoms with Crippen LogP contribution in [0.25, 0.3) is 0 Å². The van der Waals surface area contributed by atoms with Gasteiger partial charge in [-0.1, -0.05) is 12.1 Å². The molecule has 0 aliphatic carbocycles. The van der Waals surface area contributed by atoms with Crippen LogP contribution in [-0.4, -0.2) is 27.9 Å². The fourth-order valence-corrected chi connectivity index (χ4v) is 4.07. The van der Waals surface area contributed by atoms with Gasteiger partial charge in [0, 0.05) is 20.0 Å². The van der Waals surface area contributed by atoms with Crippen molar-refractivity contribution in [1.82, 2.24) is 8.86 Å². The zero-order valence-corrected chi connectivity index (χ0v) is 15.0. The second-order valence-electron chi connectivity index (χ2n) is 6.11. The van der Waals surface area contributed by atoms with Crippen LogP contribution < -0.4 is 10.9 Å². The average molecular weight is 396 g/mol. The average Bonchev–Trinajstić information content (AvgIpc) is 3.19. The molecule has 1 saturated heterocycles. The molecule has 1 aromatic heterocycles. The standard InChI is InChI=1S/C17H15F3N4O2S/c1-10(25)23-7-6-11(9-23)24-16(26)12(8-21)15(27-24)22-14-5-3-2-4-13(14)17(18,19)20/h2-5,11,22H,6-7,9H2,1H3/t11-/m1/s1. The van der Waals surface area contributed by atoms with E-state index in [1.165, 1.54) is 29.1 Å². The van der Waals surface area contributed by atoms with Crippen molar-refractivity contribution in [3.63, 3.8) is 0 Å². The van der Waals surface area contributed by atoms with Crippen LogP contribution in [0.3, 0.4) is 0 Å². The number of nitrogens with one attached hydrogen (secondary N) is 1. The number of halogens is 3. The minimum atomic E-state index is -4.57. The third-order valence-corrected chi connectivity index (χ3v) is 5.51. The highest BCUT2D eigenvalue weighted by Gasteiger charge is 2.34. The van der Waals surface area contributed by atoms with Crippen molar-refractivity contribution < 1.29 is 18.0 Å². The molecule has 3 rings (SSSR count). The predicted octanol–water partition coefficient (Wildman–Crippen LogP) is 3.34. The number of benzene rings is 1. The highest BCUT2D eigenvalue weighted by atomic mass is 32.1. The monoisotopic (exact) mass is 396 g/mol. The van der Waals surface area contributed by atoms with Gasteiger partial charge in [-0.25, -0.2) is 0 Å². The first-order valence-corrected chi connectivity index (χ1v) is 8.84. The van der Waals surface area contributed by atoms with Gasteiger partial charge in [0.15, 0.2) is 5.56 Å². The number of amides is 1. The molecule has 1 N–H and O–H groups in total. The number of nitrogens with zero attached hydrogens (tertiary/aromatic N) is 3. The van der Waals surface area contributed by atoms with Gasteiger partial charge in [-0.2, -0.15) is 18.4 Å². The number of rotatable bonds is 3. The maximum Gasteiger partial charge on any atom is 0.418 e. The van der Waals surface area contributed by atoms with Gasteiger partial charge in [0.2, 0.25) is 5.91 Å². The van der Waals surface area contributed by atoms with Crippen molar-refractivity contribution >= 4 is 28.1 Å². The number of likely N-dealkylation sites (tertiary alicyclic amines) is 1. The molecule has 27 heavy (non-hydrogen) atoms. The Morgan fingerprint density at radius 3 is 2.67 bits per heavy atom. The van der Waals surface area contributed by atoms with E-state index in [4.69, 9.17) is 0 Å². The van der Waals surface area contributed by atoms with E-state index in [9.17, 15) is 28.0 Å². The number of carbonyl (C=O) groups excluding carboxylic acids is 1. The summed E-state index contributed by atoms with van der Waals surface area (Å²) >= 11 is 0.901. The summed E-state index contributed by atoms with van der Waals surface area (Å²) in [5, 5.41) is 12.0. The molecule has 10 heteroatoms. The minimum Gasteiger partial charge on any atom is -0.344 e. The summed E-state index contributed by atoms with van der Waals surface area (Å²) in [4.78, 5) is 25.6. The van der Waals surface area contributed by atoms with E-state index in [0.717, 1.165) is 17.6 Å². The minimum absolute atomic E-state index is 0.0560. The first kappa shape index (κ1) is 19.0. The summed E-state index contributed by atoms with van der Waals surface area (Å²) in [6.45, 7) is 2.26. The van der Waals surface area contributed by atoms with Gasteiger partial charge < -0.3 is 10.2 Å². The molecule has 1 atom stereocenters. The lowest BCUT2D eigenvalue weighted by atomic mass is 10.1. The Morgan fingerprint density at radius 1 is 1.37 bits per heavy atom. The number of anilines is 2. The second kappa shape index (κ2) is 7.08. The summed E-state index contributed by atoms with van der Waals surface area (Å²) < 4.78 is 40.9. The zero-order chi connectivity index (χ0) is 19.8. The van der Waals surface area contributed by atoms with Crippen LogP contribution in [0.5, 0.6) is 0 Å². The lowest BCUT2D eigenvalue weighted by Gasteiger charge is -2.14. The van der Waals surface area contributed by atoms with E-state index in [-0.39, 0.29) is 28.2 Å². The normalized spacial score (nSPS) is 17.0. The molecule has 142 valence electrons. The van der Waals surface area contributed by atoms with E-state index in [1.807, 2.05) is 0 Å². The van der Waals surface area contributed by atoms with Crippen LogP contribution in [0.15, 0.2) is 29.1 Å². The lowest BCUT2D eigenvalue weighted by molar-refractivity contribution is -0.137. The van der Waals surface area contributed by atoms with Gasteiger partial charge in [-0.15, -0.1) is 0 Å². The van der Waals surface area contributed by atoms with Gasteiger partial charge in [0.25, 0.3) is 5.56 Å². The van der Waals surface area contributed by atoms with Crippen LogP contribution in [-0.2, 0) is 11.0 Å². The van der Waals surface area contributed by atoms with E-state index >= 15 is 0 Å². The smallest absolute Gasteiger partial charge is 0.344 e. The Bertz CT molecular complexity index is 974. The molecule has 0 unspecified atom stereocenters. The quantitative estimate of drug-likeness (QED) is 0.863. The number of hydrogen-bond donors (Lipinski definition) is 1. The third kappa shape index (κ3) is 3.68. The molecule has 1 amide bonds. The fraction of sp³-hybridized carbons (Fsp3) is 0.353. The summed E-state index contributed by atoms with van der Waals surface area (Å²) in [5.74, 6) is -0.111. The Kier molecular flexibility index (Phi) is 4.97. The SMILES string of the molecule is CC(=O)N1CC[C@@H](n2sc(Nc3ccccc3C(F)(F)F)c(C#N)c2=O)C1. The number of carbonyl (C=O) groups is 1. The van der Waals surface area contributed by atoms with Crippen molar-refractivity contribution in [3.8, 4) is 6.07 Å². The Balaban J connectivity index is 1.96. The molecule has 0 bridgehead atoms. The molecular formula is C17H15F3N4O2S. The molecule has 0 saturated carbocycles. The van der Waals surface area contributed by atoms with E-state index < -0.39 is 17.3 Å². The molecule has 0 spiro atoms. The van der Waals surface area contributed by atoms with Crippen LogP contribution in [0, 0.1) is 11.3 Å². The zero-order valence-electron chi connectivity index (χ0n) is 14.2.